The van der Waals surface area contributed by atoms with Crippen LogP contribution in [0, 0.1) is 23.0 Å². The van der Waals surface area contributed by atoms with Gasteiger partial charge in [0, 0.05) is 12.1 Å². The zero-order valence-electron chi connectivity index (χ0n) is 13.0. The van der Waals surface area contributed by atoms with Crippen LogP contribution in [0.15, 0.2) is 28.7 Å². The van der Waals surface area contributed by atoms with Crippen molar-refractivity contribution in [2.45, 2.75) is 33.6 Å². The van der Waals surface area contributed by atoms with E-state index in [4.69, 9.17) is 9.15 Å². The van der Waals surface area contributed by atoms with Crippen LogP contribution in [0.1, 0.15) is 31.2 Å². The monoisotopic (exact) mass is 304 g/mol. The molecule has 6 heteroatoms. The minimum absolute atomic E-state index is 0.0500. The third kappa shape index (κ3) is 4.31. The average Bonchev–Trinajstić information content (AvgIpc) is 2.79. The molecular weight excluding hydrogens is 284 g/mol. The summed E-state index contributed by atoms with van der Waals surface area (Å²) < 4.78 is 11.2. The number of nitro groups is 1. The number of nitrogens with zero attached hydrogens (tertiary/aromatic N) is 2. The zero-order valence-corrected chi connectivity index (χ0v) is 13.0. The Morgan fingerprint density at radius 3 is 2.59 bits per heavy atom. The van der Waals surface area contributed by atoms with Gasteiger partial charge in [0.2, 0.25) is 0 Å². The highest BCUT2D eigenvalue weighted by Crippen LogP contribution is 2.18. The first-order chi connectivity index (χ1) is 10.5. The van der Waals surface area contributed by atoms with Crippen molar-refractivity contribution in [3.8, 4) is 5.75 Å². The highest BCUT2D eigenvalue weighted by Gasteiger charge is 2.11. The lowest BCUT2D eigenvalue weighted by Gasteiger charge is -2.03. The topological polar surface area (TPSA) is 78.4 Å². The second kappa shape index (κ2) is 7.06. The van der Waals surface area contributed by atoms with Crippen molar-refractivity contribution in [3.63, 3.8) is 0 Å². The van der Waals surface area contributed by atoms with E-state index in [0.717, 1.165) is 17.9 Å². The van der Waals surface area contributed by atoms with Gasteiger partial charge in [0.15, 0.2) is 5.89 Å². The molecule has 0 aliphatic carbocycles. The lowest BCUT2D eigenvalue weighted by Crippen LogP contribution is -2.02. The van der Waals surface area contributed by atoms with Gasteiger partial charge in [0.1, 0.15) is 11.5 Å². The molecule has 0 unspecified atom stereocenters. The van der Waals surface area contributed by atoms with Crippen molar-refractivity contribution in [2.75, 3.05) is 6.61 Å². The number of hydrogen-bond acceptors (Lipinski definition) is 5. The maximum Gasteiger partial charge on any atom is 0.269 e. The Hall–Kier alpha value is -2.37. The normalized spacial score (nSPS) is 10.9. The highest BCUT2D eigenvalue weighted by atomic mass is 16.6. The molecule has 0 atom stereocenters. The molecule has 2 aromatic rings. The average molecular weight is 304 g/mol. The van der Waals surface area contributed by atoms with Gasteiger partial charge in [0.05, 0.1) is 23.6 Å². The van der Waals surface area contributed by atoms with E-state index in [1.165, 1.54) is 12.1 Å². The molecule has 0 aliphatic rings. The molecule has 1 aromatic heterocycles. The Labute approximate surface area is 129 Å². The van der Waals surface area contributed by atoms with Crippen LogP contribution in [-0.2, 0) is 12.8 Å². The summed E-state index contributed by atoms with van der Waals surface area (Å²) in [6.07, 6.45) is 1.47. The molecule has 0 saturated carbocycles. The van der Waals surface area contributed by atoms with E-state index >= 15 is 0 Å². The number of benzene rings is 1. The molecule has 6 nitrogen and oxygen atoms in total. The van der Waals surface area contributed by atoms with Gasteiger partial charge >= 0.3 is 0 Å². The van der Waals surface area contributed by atoms with Gasteiger partial charge in [-0.05, 0) is 31.4 Å². The molecule has 2 rings (SSSR count). The van der Waals surface area contributed by atoms with Crippen molar-refractivity contribution < 1.29 is 14.1 Å². The summed E-state index contributed by atoms with van der Waals surface area (Å²) in [5, 5.41) is 10.6. The predicted octanol–water partition coefficient (Wildman–Crippen LogP) is 3.71. The van der Waals surface area contributed by atoms with Gasteiger partial charge in [-0.1, -0.05) is 13.8 Å². The zero-order chi connectivity index (χ0) is 16.1. The predicted molar refractivity (Wildman–Crippen MR) is 82.1 cm³/mol. The molecule has 0 amide bonds. The first-order valence-electron chi connectivity index (χ1n) is 7.28. The Morgan fingerprint density at radius 1 is 1.32 bits per heavy atom. The maximum atomic E-state index is 10.6. The standard InChI is InChI=1S/C16H20N2O4/c1-11(2)10-15-12(3)22-16(17-15)8-9-21-14-6-4-13(5-7-14)18(19)20/h4-7,11H,8-10H2,1-3H3. The summed E-state index contributed by atoms with van der Waals surface area (Å²) in [6, 6.07) is 6.02. The summed E-state index contributed by atoms with van der Waals surface area (Å²) in [6.45, 7) is 6.63. The second-order valence-electron chi connectivity index (χ2n) is 5.56. The van der Waals surface area contributed by atoms with Crippen LogP contribution in [0.5, 0.6) is 5.75 Å². The molecule has 22 heavy (non-hydrogen) atoms. The van der Waals surface area contributed by atoms with Gasteiger partial charge in [0.25, 0.3) is 5.69 Å². The van der Waals surface area contributed by atoms with Crippen molar-refractivity contribution in [1.82, 2.24) is 4.98 Å². The fourth-order valence-corrected chi connectivity index (χ4v) is 2.09. The molecule has 1 aromatic carbocycles. The highest BCUT2D eigenvalue weighted by molar-refractivity contribution is 5.35. The Bertz CT molecular complexity index is 632. The first kappa shape index (κ1) is 16.0. The fourth-order valence-electron chi connectivity index (χ4n) is 2.09. The smallest absolute Gasteiger partial charge is 0.269 e. The van der Waals surface area contributed by atoms with E-state index in [-0.39, 0.29) is 5.69 Å². The van der Waals surface area contributed by atoms with Crippen LogP contribution in [0.2, 0.25) is 0 Å². The SMILES string of the molecule is Cc1oc(CCOc2ccc([N+](=O)[O-])cc2)nc1CC(C)C. The molecule has 0 N–H and O–H groups in total. The summed E-state index contributed by atoms with van der Waals surface area (Å²) >= 11 is 0. The van der Waals surface area contributed by atoms with Crippen LogP contribution in [0.4, 0.5) is 5.69 Å². The quantitative estimate of drug-likeness (QED) is 0.575. The van der Waals surface area contributed by atoms with Gasteiger partial charge in [-0.15, -0.1) is 0 Å². The number of ether oxygens (including phenoxy) is 1. The number of oxazole rings is 1. The van der Waals surface area contributed by atoms with Crippen LogP contribution < -0.4 is 4.74 Å². The number of nitro benzene ring substituents is 1. The third-order valence-electron chi connectivity index (χ3n) is 3.17. The number of rotatable bonds is 7. The van der Waals surface area contributed by atoms with E-state index < -0.39 is 4.92 Å². The summed E-state index contributed by atoms with van der Waals surface area (Å²) in [7, 11) is 0. The molecule has 118 valence electrons. The molecule has 0 bridgehead atoms. The molecule has 0 saturated heterocycles. The molecule has 0 spiro atoms. The molecule has 0 aliphatic heterocycles. The number of aromatic nitrogens is 1. The number of non-ortho nitro benzene ring substituents is 1. The Kier molecular flexibility index (Phi) is 5.14. The molecular formula is C16H20N2O4. The minimum atomic E-state index is -0.435. The third-order valence-corrected chi connectivity index (χ3v) is 3.17. The summed E-state index contributed by atoms with van der Waals surface area (Å²) in [5.74, 6) is 2.65. The van der Waals surface area contributed by atoms with Crippen LogP contribution >= 0.6 is 0 Å². The van der Waals surface area contributed by atoms with Crippen molar-refractivity contribution in [3.05, 3.63) is 51.7 Å². The van der Waals surface area contributed by atoms with Crippen molar-refractivity contribution in [2.24, 2.45) is 5.92 Å². The van der Waals surface area contributed by atoms with Crippen LogP contribution in [0.3, 0.4) is 0 Å². The Balaban J connectivity index is 1.87. The van der Waals surface area contributed by atoms with E-state index in [1.54, 1.807) is 12.1 Å². The summed E-state index contributed by atoms with van der Waals surface area (Å²) in [5.41, 5.74) is 1.05. The van der Waals surface area contributed by atoms with Crippen LogP contribution in [-0.4, -0.2) is 16.5 Å². The van der Waals surface area contributed by atoms with Gasteiger partial charge < -0.3 is 9.15 Å². The van der Waals surface area contributed by atoms with E-state index in [0.29, 0.717) is 30.6 Å². The largest absolute Gasteiger partial charge is 0.493 e. The lowest BCUT2D eigenvalue weighted by atomic mass is 10.1. The molecule has 1 heterocycles. The molecule has 0 radical (unpaired) electrons. The lowest BCUT2D eigenvalue weighted by molar-refractivity contribution is -0.384. The minimum Gasteiger partial charge on any atom is -0.493 e. The Morgan fingerprint density at radius 2 is 2.00 bits per heavy atom. The number of hydrogen-bond donors (Lipinski definition) is 0. The maximum absolute atomic E-state index is 10.6. The van der Waals surface area contributed by atoms with Gasteiger partial charge in [-0.2, -0.15) is 0 Å². The van der Waals surface area contributed by atoms with E-state index in [2.05, 4.69) is 18.8 Å². The van der Waals surface area contributed by atoms with Gasteiger partial charge in [-0.25, -0.2) is 4.98 Å². The van der Waals surface area contributed by atoms with Gasteiger partial charge in [-0.3, -0.25) is 10.1 Å². The van der Waals surface area contributed by atoms with Crippen molar-refractivity contribution >= 4 is 5.69 Å². The van der Waals surface area contributed by atoms with E-state index in [9.17, 15) is 10.1 Å². The second-order valence-corrected chi connectivity index (χ2v) is 5.56. The fraction of sp³-hybridized carbons (Fsp3) is 0.438. The number of aryl methyl sites for hydroxylation is 1. The van der Waals surface area contributed by atoms with E-state index in [1.807, 2.05) is 6.92 Å². The van der Waals surface area contributed by atoms with Crippen molar-refractivity contribution in [1.29, 1.82) is 0 Å². The first-order valence-corrected chi connectivity index (χ1v) is 7.28. The molecule has 0 fully saturated rings. The van der Waals surface area contributed by atoms with Crippen LogP contribution in [0.25, 0.3) is 0 Å². The summed E-state index contributed by atoms with van der Waals surface area (Å²) in [4.78, 5) is 14.6.